The molecule has 0 saturated carbocycles. The molecule has 2 aromatic rings. The van der Waals surface area contributed by atoms with Gasteiger partial charge in [0.2, 0.25) is 5.88 Å². The molecule has 0 fully saturated rings. The molecule has 0 atom stereocenters. The number of hydrogen-bond acceptors (Lipinski definition) is 3. The highest BCUT2D eigenvalue weighted by Crippen LogP contribution is 2.28. The van der Waals surface area contributed by atoms with Gasteiger partial charge in [-0.1, -0.05) is 0 Å². The molecule has 0 aliphatic rings. The SMILES string of the molecule is CC(=O)c1cc(F)c(C)cc1Oc1cc(C)nn1C. The summed E-state index contributed by atoms with van der Waals surface area (Å²) in [6, 6.07) is 4.48. The van der Waals surface area contributed by atoms with Gasteiger partial charge in [-0.25, -0.2) is 9.07 Å². The first-order valence-electron chi connectivity index (χ1n) is 5.88. The zero-order chi connectivity index (χ0) is 14.2. The number of nitrogens with zero attached hydrogens (tertiary/aromatic N) is 2. The van der Waals surface area contributed by atoms with Gasteiger partial charge in [0.1, 0.15) is 11.6 Å². The van der Waals surface area contributed by atoms with E-state index in [4.69, 9.17) is 4.74 Å². The summed E-state index contributed by atoms with van der Waals surface area (Å²) in [5, 5.41) is 4.15. The number of ether oxygens (including phenoxy) is 1. The monoisotopic (exact) mass is 262 g/mol. The van der Waals surface area contributed by atoms with Crippen LogP contribution in [-0.2, 0) is 7.05 Å². The molecule has 2 rings (SSSR count). The molecule has 0 radical (unpaired) electrons. The van der Waals surface area contributed by atoms with E-state index in [0.717, 1.165) is 5.69 Å². The van der Waals surface area contributed by atoms with Crippen molar-refractivity contribution in [1.82, 2.24) is 9.78 Å². The molecule has 0 N–H and O–H groups in total. The van der Waals surface area contributed by atoms with Crippen LogP contribution in [0.4, 0.5) is 4.39 Å². The number of aryl methyl sites for hydroxylation is 3. The second kappa shape index (κ2) is 4.84. The van der Waals surface area contributed by atoms with Crippen LogP contribution >= 0.6 is 0 Å². The van der Waals surface area contributed by atoms with E-state index in [-0.39, 0.29) is 11.3 Å². The molecule has 0 unspecified atom stereocenters. The normalized spacial score (nSPS) is 10.6. The van der Waals surface area contributed by atoms with Gasteiger partial charge in [-0.15, -0.1) is 0 Å². The minimum absolute atomic E-state index is 0.224. The van der Waals surface area contributed by atoms with Crippen LogP contribution in [0.15, 0.2) is 18.2 Å². The molecule has 0 aliphatic heterocycles. The van der Waals surface area contributed by atoms with Crippen molar-refractivity contribution in [2.75, 3.05) is 0 Å². The molecule has 1 heterocycles. The molecule has 0 spiro atoms. The Labute approximate surface area is 110 Å². The average molecular weight is 262 g/mol. The molecular formula is C14H15FN2O2. The first-order chi connectivity index (χ1) is 8.88. The summed E-state index contributed by atoms with van der Waals surface area (Å²) < 4.78 is 20.8. The van der Waals surface area contributed by atoms with Crippen LogP contribution in [0.25, 0.3) is 0 Å². The van der Waals surface area contributed by atoms with E-state index < -0.39 is 5.82 Å². The molecular weight excluding hydrogens is 247 g/mol. The number of halogens is 1. The van der Waals surface area contributed by atoms with Crippen LogP contribution in [0, 0.1) is 19.7 Å². The van der Waals surface area contributed by atoms with Gasteiger partial charge < -0.3 is 4.74 Å². The molecule has 1 aromatic heterocycles. The summed E-state index contributed by atoms with van der Waals surface area (Å²) >= 11 is 0. The maximum atomic E-state index is 13.5. The first kappa shape index (κ1) is 13.3. The minimum Gasteiger partial charge on any atom is -0.439 e. The lowest BCUT2D eigenvalue weighted by atomic mass is 10.1. The van der Waals surface area contributed by atoms with Crippen LogP contribution in [0.2, 0.25) is 0 Å². The van der Waals surface area contributed by atoms with E-state index in [2.05, 4.69) is 5.10 Å². The Morgan fingerprint density at radius 2 is 2.00 bits per heavy atom. The number of benzene rings is 1. The fraction of sp³-hybridized carbons (Fsp3) is 0.286. The number of aromatic nitrogens is 2. The number of carbonyl (C=O) groups excluding carboxylic acids is 1. The van der Waals surface area contributed by atoms with Crippen LogP contribution < -0.4 is 4.74 Å². The van der Waals surface area contributed by atoms with Crippen molar-refractivity contribution in [2.24, 2.45) is 7.05 Å². The Bertz CT molecular complexity index is 647. The van der Waals surface area contributed by atoms with Crippen molar-refractivity contribution in [3.8, 4) is 11.6 Å². The maximum absolute atomic E-state index is 13.5. The summed E-state index contributed by atoms with van der Waals surface area (Å²) in [6.07, 6.45) is 0. The van der Waals surface area contributed by atoms with Gasteiger partial charge in [0.05, 0.1) is 11.3 Å². The third-order valence-corrected chi connectivity index (χ3v) is 2.81. The topological polar surface area (TPSA) is 44.1 Å². The Kier molecular flexibility index (Phi) is 3.38. The van der Waals surface area contributed by atoms with Gasteiger partial charge in [0.25, 0.3) is 0 Å². The van der Waals surface area contributed by atoms with Crippen molar-refractivity contribution >= 4 is 5.78 Å². The standard InChI is InChI=1S/C14H15FN2O2/c1-8-5-13(11(10(3)18)7-12(8)15)19-14-6-9(2)16-17(14)4/h5-7H,1-4H3. The van der Waals surface area contributed by atoms with Gasteiger partial charge >= 0.3 is 0 Å². The summed E-state index contributed by atoms with van der Waals surface area (Å²) in [6.45, 7) is 4.85. The third-order valence-electron chi connectivity index (χ3n) is 2.81. The van der Waals surface area contributed by atoms with Gasteiger partial charge in [0, 0.05) is 13.1 Å². The van der Waals surface area contributed by atoms with E-state index in [1.807, 2.05) is 6.92 Å². The van der Waals surface area contributed by atoms with Crippen LogP contribution in [-0.4, -0.2) is 15.6 Å². The predicted octanol–water partition coefficient (Wildman–Crippen LogP) is 3.17. The van der Waals surface area contributed by atoms with Gasteiger partial charge in [0.15, 0.2) is 5.78 Å². The Morgan fingerprint density at radius 3 is 2.53 bits per heavy atom. The van der Waals surface area contributed by atoms with E-state index in [1.54, 1.807) is 24.7 Å². The van der Waals surface area contributed by atoms with E-state index in [0.29, 0.717) is 17.2 Å². The van der Waals surface area contributed by atoms with Gasteiger partial charge in [-0.2, -0.15) is 5.10 Å². The zero-order valence-corrected chi connectivity index (χ0v) is 11.3. The smallest absolute Gasteiger partial charge is 0.217 e. The van der Waals surface area contributed by atoms with Gasteiger partial charge in [-0.05, 0) is 38.5 Å². The number of rotatable bonds is 3. The van der Waals surface area contributed by atoms with Crippen molar-refractivity contribution in [3.05, 3.63) is 40.8 Å². The third kappa shape index (κ3) is 2.65. The first-order valence-corrected chi connectivity index (χ1v) is 5.88. The quantitative estimate of drug-likeness (QED) is 0.798. The molecule has 1 aromatic carbocycles. The molecule has 100 valence electrons. The minimum atomic E-state index is -0.418. The molecule has 4 nitrogen and oxygen atoms in total. The Balaban J connectivity index is 2.47. The number of hydrogen-bond donors (Lipinski definition) is 0. The second-order valence-corrected chi connectivity index (χ2v) is 4.50. The molecule has 5 heteroatoms. The fourth-order valence-corrected chi connectivity index (χ4v) is 1.81. The van der Waals surface area contributed by atoms with Crippen molar-refractivity contribution < 1.29 is 13.9 Å². The lowest BCUT2D eigenvalue weighted by Crippen LogP contribution is -2.02. The van der Waals surface area contributed by atoms with Crippen molar-refractivity contribution in [2.45, 2.75) is 20.8 Å². The Hall–Kier alpha value is -2.17. The fourth-order valence-electron chi connectivity index (χ4n) is 1.81. The van der Waals surface area contributed by atoms with Crippen LogP contribution in [0.1, 0.15) is 28.5 Å². The van der Waals surface area contributed by atoms with Crippen molar-refractivity contribution in [1.29, 1.82) is 0 Å². The molecule has 0 aliphatic carbocycles. The maximum Gasteiger partial charge on any atom is 0.217 e. The highest BCUT2D eigenvalue weighted by atomic mass is 19.1. The second-order valence-electron chi connectivity index (χ2n) is 4.50. The molecule has 0 saturated heterocycles. The van der Waals surface area contributed by atoms with E-state index in [1.165, 1.54) is 19.1 Å². The molecule has 0 bridgehead atoms. The van der Waals surface area contributed by atoms with E-state index >= 15 is 0 Å². The number of carbonyl (C=O) groups is 1. The largest absolute Gasteiger partial charge is 0.439 e. The lowest BCUT2D eigenvalue weighted by molar-refractivity contribution is 0.101. The molecule has 0 amide bonds. The zero-order valence-electron chi connectivity index (χ0n) is 11.3. The summed E-state index contributed by atoms with van der Waals surface area (Å²) in [5.41, 5.74) is 1.46. The van der Waals surface area contributed by atoms with Crippen molar-refractivity contribution in [3.63, 3.8) is 0 Å². The summed E-state index contributed by atoms with van der Waals surface area (Å²) in [5.74, 6) is 0.187. The highest BCUT2D eigenvalue weighted by molar-refractivity contribution is 5.97. The van der Waals surface area contributed by atoms with Gasteiger partial charge in [-0.3, -0.25) is 4.79 Å². The van der Waals surface area contributed by atoms with Crippen LogP contribution in [0.3, 0.4) is 0 Å². The molecule has 19 heavy (non-hydrogen) atoms. The highest BCUT2D eigenvalue weighted by Gasteiger charge is 2.15. The lowest BCUT2D eigenvalue weighted by Gasteiger charge is -2.10. The number of Topliss-reactive ketones (excluding diaryl/α,β-unsaturated/α-hetero) is 1. The predicted molar refractivity (Wildman–Crippen MR) is 69.2 cm³/mol. The van der Waals surface area contributed by atoms with Crippen LogP contribution in [0.5, 0.6) is 11.6 Å². The summed E-state index contributed by atoms with van der Waals surface area (Å²) in [7, 11) is 1.74. The Morgan fingerprint density at radius 1 is 1.32 bits per heavy atom. The number of ketones is 1. The summed E-state index contributed by atoms with van der Waals surface area (Å²) in [4.78, 5) is 11.5. The average Bonchev–Trinajstić information content (AvgIpc) is 2.62. The van der Waals surface area contributed by atoms with E-state index in [9.17, 15) is 9.18 Å².